The van der Waals surface area contributed by atoms with Gasteiger partial charge >= 0.3 is 0 Å². The van der Waals surface area contributed by atoms with Crippen LogP contribution in [0.2, 0.25) is 10.0 Å². The highest BCUT2D eigenvalue weighted by molar-refractivity contribution is 9.10. The number of aryl methyl sites for hydroxylation is 1. The van der Waals surface area contributed by atoms with Crippen molar-refractivity contribution in [3.63, 3.8) is 0 Å². The van der Waals surface area contributed by atoms with E-state index in [1.807, 2.05) is 0 Å². The quantitative estimate of drug-likeness (QED) is 0.735. The molecule has 0 aromatic heterocycles. The van der Waals surface area contributed by atoms with Crippen molar-refractivity contribution in [1.82, 2.24) is 0 Å². The van der Waals surface area contributed by atoms with Crippen LogP contribution < -0.4 is 10.5 Å². The molecular formula is C13H11BrCl2N2O2S. The Kier molecular flexibility index (Phi) is 4.72. The number of hydrogen-bond acceptors (Lipinski definition) is 3. The van der Waals surface area contributed by atoms with E-state index in [9.17, 15) is 8.42 Å². The highest BCUT2D eigenvalue weighted by Gasteiger charge is 2.19. The van der Waals surface area contributed by atoms with Crippen LogP contribution in [0.1, 0.15) is 5.56 Å². The van der Waals surface area contributed by atoms with Crippen molar-refractivity contribution in [3.8, 4) is 0 Å². The first-order chi connectivity index (χ1) is 9.70. The average molecular weight is 410 g/mol. The molecule has 0 bridgehead atoms. The summed E-state index contributed by atoms with van der Waals surface area (Å²) in [5.41, 5.74) is 6.77. The van der Waals surface area contributed by atoms with Gasteiger partial charge in [0.25, 0.3) is 10.0 Å². The second kappa shape index (κ2) is 6.04. The maximum Gasteiger partial charge on any atom is 0.262 e. The monoisotopic (exact) mass is 408 g/mol. The number of nitrogens with two attached hydrogens (primary N) is 1. The van der Waals surface area contributed by atoms with Crippen LogP contribution in [0.15, 0.2) is 39.7 Å². The first-order valence-electron chi connectivity index (χ1n) is 5.74. The maximum absolute atomic E-state index is 12.5. The highest BCUT2D eigenvalue weighted by Crippen LogP contribution is 2.31. The second-order valence-electron chi connectivity index (χ2n) is 4.37. The van der Waals surface area contributed by atoms with Crippen LogP contribution in [0.5, 0.6) is 0 Å². The third-order valence-corrected chi connectivity index (χ3v) is 5.49. The Balaban J connectivity index is 2.46. The van der Waals surface area contributed by atoms with Gasteiger partial charge < -0.3 is 5.73 Å². The third-order valence-electron chi connectivity index (χ3n) is 2.76. The van der Waals surface area contributed by atoms with Gasteiger partial charge in [-0.05, 0) is 58.7 Å². The number of benzene rings is 2. The molecule has 0 saturated heterocycles. The lowest BCUT2D eigenvalue weighted by Crippen LogP contribution is -2.15. The Morgan fingerprint density at radius 2 is 1.86 bits per heavy atom. The average Bonchev–Trinajstić information content (AvgIpc) is 2.37. The van der Waals surface area contributed by atoms with Crippen LogP contribution in [0.4, 0.5) is 11.4 Å². The predicted octanol–water partition coefficient (Wildman–Crippen LogP) is 4.45. The SMILES string of the molecule is Cc1cc(Cl)c(N)cc1S(=O)(=O)Nc1ccc(Cl)cc1Br. The van der Waals surface area contributed by atoms with Crippen LogP contribution in [-0.4, -0.2) is 8.42 Å². The van der Waals surface area contributed by atoms with Crippen molar-refractivity contribution < 1.29 is 8.42 Å². The molecule has 4 nitrogen and oxygen atoms in total. The minimum Gasteiger partial charge on any atom is -0.397 e. The molecule has 0 spiro atoms. The van der Waals surface area contributed by atoms with Gasteiger partial charge in [0.1, 0.15) is 0 Å². The van der Waals surface area contributed by atoms with E-state index in [2.05, 4.69) is 20.7 Å². The van der Waals surface area contributed by atoms with Crippen LogP contribution in [-0.2, 0) is 10.0 Å². The molecule has 0 saturated carbocycles. The number of hydrogen-bond donors (Lipinski definition) is 2. The molecule has 2 aromatic rings. The molecule has 0 aliphatic carbocycles. The van der Waals surface area contributed by atoms with E-state index in [4.69, 9.17) is 28.9 Å². The lowest BCUT2D eigenvalue weighted by atomic mass is 10.2. The molecule has 21 heavy (non-hydrogen) atoms. The molecule has 2 rings (SSSR count). The van der Waals surface area contributed by atoms with Crippen molar-refractivity contribution in [2.24, 2.45) is 0 Å². The van der Waals surface area contributed by atoms with E-state index in [-0.39, 0.29) is 10.6 Å². The fraction of sp³-hybridized carbons (Fsp3) is 0.0769. The lowest BCUT2D eigenvalue weighted by molar-refractivity contribution is 0.600. The molecular weight excluding hydrogens is 399 g/mol. The van der Waals surface area contributed by atoms with Crippen LogP contribution >= 0.6 is 39.1 Å². The first kappa shape index (κ1) is 16.4. The Morgan fingerprint density at radius 3 is 2.48 bits per heavy atom. The molecule has 8 heteroatoms. The molecule has 3 N–H and O–H groups in total. The summed E-state index contributed by atoms with van der Waals surface area (Å²) < 4.78 is 27.9. The number of halogens is 3. The largest absolute Gasteiger partial charge is 0.397 e. The summed E-state index contributed by atoms with van der Waals surface area (Å²) in [5, 5.41) is 0.816. The van der Waals surface area contributed by atoms with Gasteiger partial charge in [0.05, 0.1) is 21.3 Å². The molecule has 112 valence electrons. The Morgan fingerprint density at radius 1 is 1.19 bits per heavy atom. The van der Waals surface area contributed by atoms with Crippen molar-refractivity contribution in [2.45, 2.75) is 11.8 Å². The number of sulfonamides is 1. The van der Waals surface area contributed by atoms with Gasteiger partial charge in [-0.15, -0.1) is 0 Å². The summed E-state index contributed by atoms with van der Waals surface area (Å²) in [4.78, 5) is 0.0752. The molecule has 0 aliphatic heterocycles. The molecule has 0 aliphatic rings. The zero-order valence-corrected chi connectivity index (χ0v) is 14.7. The van der Waals surface area contributed by atoms with Crippen molar-refractivity contribution >= 4 is 60.5 Å². The first-order valence-corrected chi connectivity index (χ1v) is 8.77. The highest BCUT2D eigenvalue weighted by atomic mass is 79.9. The molecule has 0 fully saturated rings. The van der Waals surface area contributed by atoms with Crippen molar-refractivity contribution in [2.75, 3.05) is 10.5 Å². The minimum atomic E-state index is -3.78. The summed E-state index contributed by atoms with van der Waals surface area (Å²) in [7, 11) is -3.78. The van der Waals surface area contributed by atoms with Gasteiger partial charge in [0.2, 0.25) is 0 Å². The van der Waals surface area contributed by atoms with Gasteiger partial charge in [0.15, 0.2) is 0 Å². The predicted molar refractivity (Wildman–Crippen MR) is 90.6 cm³/mol. The zero-order valence-electron chi connectivity index (χ0n) is 10.8. The molecule has 0 unspecified atom stereocenters. The van der Waals surface area contributed by atoms with E-state index in [1.165, 1.54) is 12.1 Å². The van der Waals surface area contributed by atoms with E-state index in [1.54, 1.807) is 25.1 Å². The minimum absolute atomic E-state index is 0.0752. The number of anilines is 2. The summed E-state index contributed by atoms with van der Waals surface area (Å²) in [6, 6.07) is 7.61. The Bertz CT molecular complexity index is 810. The van der Waals surface area contributed by atoms with E-state index >= 15 is 0 Å². The van der Waals surface area contributed by atoms with Gasteiger partial charge in [-0.25, -0.2) is 8.42 Å². The normalized spacial score (nSPS) is 11.4. The number of rotatable bonds is 3. The van der Waals surface area contributed by atoms with E-state index < -0.39 is 10.0 Å². The Labute approximate surface area is 141 Å². The zero-order chi connectivity index (χ0) is 15.8. The van der Waals surface area contributed by atoms with Gasteiger partial charge in [-0.3, -0.25) is 4.72 Å². The topological polar surface area (TPSA) is 72.2 Å². The number of nitrogen functional groups attached to an aromatic ring is 1. The van der Waals surface area contributed by atoms with E-state index in [0.717, 1.165) is 0 Å². The molecule has 0 heterocycles. The van der Waals surface area contributed by atoms with Crippen LogP contribution in [0, 0.1) is 6.92 Å². The summed E-state index contributed by atoms with van der Waals surface area (Å²) >= 11 is 15.0. The fourth-order valence-electron chi connectivity index (χ4n) is 1.73. The molecule has 0 atom stereocenters. The summed E-state index contributed by atoms with van der Waals surface area (Å²) in [6.07, 6.45) is 0. The van der Waals surface area contributed by atoms with E-state index in [0.29, 0.717) is 25.8 Å². The van der Waals surface area contributed by atoms with Crippen LogP contribution in [0.25, 0.3) is 0 Å². The maximum atomic E-state index is 12.5. The number of nitrogens with one attached hydrogen (secondary N) is 1. The van der Waals surface area contributed by atoms with Crippen molar-refractivity contribution in [1.29, 1.82) is 0 Å². The second-order valence-corrected chi connectivity index (χ2v) is 7.72. The van der Waals surface area contributed by atoms with Crippen LogP contribution in [0.3, 0.4) is 0 Å². The van der Waals surface area contributed by atoms with Gasteiger partial charge in [0, 0.05) is 9.50 Å². The summed E-state index contributed by atoms with van der Waals surface area (Å²) in [5.74, 6) is 0. The molecule has 2 aromatic carbocycles. The lowest BCUT2D eigenvalue weighted by Gasteiger charge is -2.13. The van der Waals surface area contributed by atoms with Gasteiger partial charge in [-0.2, -0.15) is 0 Å². The standard InChI is InChI=1S/C13H11BrCl2N2O2S/c1-7-4-10(16)11(17)6-13(7)21(19,20)18-12-3-2-8(15)5-9(12)14/h2-6,18H,17H2,1H3. The third kappa shape index (κ3) is 3.63. The van der Waals surface area contributed by atoms with Gasteiger partial charge in [-0.1, -0.05) is 23.2 Å². The Hall–Kier alpha value is -0.950. The molecule has 0 radical (unpaired) electrons. The summed E-state index contributed by atoms with van der Waals surface area (Å²) in [6.45, 7) is 1.65. The smallest absolute Gasteiger partial charge is 0.262 e. The fourth-order valence-corrected chi connectivity index (χ4v) is 4.20. The van der Waals surface area contributed by atoms with Crippen molar-refractivity contribution in [3.05, 3.63) is 50.4 Å². The molecule has 0 amide bonds.